The van der Waals surface area contributed by atoms with Gasteiger partial charge >= 0.3 is 6.09 Å². The minimum Gasteiger partial charge on any atom is -0.438 e. The van der Waals surface area contributed by atoms with Crippen molar-refractivity contribution in [2.45, 2.75) is 38.2 Å². The molecule has 1 amide bonds. The van der Waals surface area contributed by atoms with Crippen LogP contribution >= 0.6 is 0 Å². The van der Waals surface area contributed by atoms with Crippen molar-refractivity contribution in [3.63, 3.8) is 0 Å². The standard InChI is InChI=1S/C10H13N3O4/c1-2-6(16-10(11)15)7(14)9-12-8(13-17-9)5-3-4-5/h5-6H,2-4H2,1H3,(H2,11,15)/t6-/m0/s1. The van der Waals surface area contributed by atoms with Crippen LogP contribution in [0, 0.1) is 0 Å². The lowest BCUT2D eigenvalue weighted by Crippen LogP contribution is -2.29. The number of hydrogen-bond donors (Lipinski definition) is 1. The minimum atomic E-state index is -0.993. The number of hydrogen-bond acceptors (Lipinski definition) is 6. The maximum Gasteiger partial charge on any atom is 0.405 e. The molecule has 7 heteroatoms. The monoisotopic (exact) mass is 239 g/mol. The summed E-state index contributed by atoms with van der Waals surface area (Å²) >= 11 is 0. The van der Waals surface area contributed by atoms with Crippen LogP contribution in [0.3, 0.4) is 0 Å². The van der Waals surface area contributed by atoms with Crippen LogP contribution in [-0.4, -0.2) is 28.1 Å². The van der Waals surface area contributed by atoms with E-state index in [1.165, 1.54) is 0 Å². The number of ketones is 1. The van der Waals surface area contributed by atoms with Crippen molar-refractivity contribution in [2.24, 2.45) is 5.73 Å². The molecule has 1 atom stereocenters. The Kier molecular flexibility index (Phi) is 3.08. The van der Waals surface area contributed by atoms with Gasteiger partial charge in [-0.15, -0.1) is 0 Å². The SMILES string of the molecule is CC[C@H](OC(N)=O)C(=O)c1nc(C2CC2)no1. The maximum atomic E-state index is 11.8. The van der Waals surface area contributed by atoms with Gasteiger partial charge in [0.15, 0.2) is 11.9 Å². The molecule has 0 unspecified atom stereocenters. The predicted octanol–water partition coefficient (Wildman–Crippen LogP) is 1.00. The predicted molar refractivity (Wildman–Crippen MR) is 55.4 cm³/mol. The number of amides is 1. The number of rotatable bonds is 5. The largest absolute Gasteiger partial charge is 0.438 e. The summed E-state index contributed by atoms with van der Waals surface area (Å²) in [5.41, 5.74) is 4.87. The quantitative estimate of drug-likeness (QED) is 0.768. The van der Waals surface area contributed by atoms with Crippen LogP contribution in [0.2, 0.25) is 0 Å². The Morgan fingerprint density at radius 2 is 2.29 bits per heavy atom. The summed E-state index contributed by atoms with van der Waals surface area (Å²) in [6, 6.07) is 0. The summed E-state index contributed by atoms with van der Waals surface area (Å²) in [5.74, 6) is 0.213. The van der Waals surface area contributed by atoms with E-state index in [0.29, 0.717) is 18.2 Å². The highest BCUT2D eigenvalue weighted by molar-refractivity contribution is 5.96. The minimum absolute atomic E-state index is 0.125. The molecule has 0 radical (unpaired) electrons. The smallest absolute Gasteiger partial charge is 0.405 e. The first-order valence-electron chi connectivity index (χ1n) is 5.45. The third kappa shape index (κ3) is 2.61. The fraction of sp³-hybridized carbons (Fsp3) is 0.600. The molecule has 92 valence electrons. The van der Waals surface area contributed by atoms with Gasteiger partial charge in [-0.25, -0.2) is 4.79 Å². The van der Waals surface area contributed by atoms with Crippen molar-refractivity contribution in [3.8, 4) is 0 Å². The average Bonchev–Trinajstić information content (AvgIpc) is 3.03. The molecule has 1 heterocycles. The lowest BCUT2D eigenvalue weighted by molar-refractivity contribution is 0.0606. The Morgan fingerprint density at radius 1 is 1.59 bits per heavy atom. The highest BCUT2D eigenvalue weighted by atomic mass is 16.6. The Balaban J connectivity index is 2.07. The summed E-state index contributed by atoms with van der Waals surface area (Å²) in [7, 11) is 0. The zero-order valence-electron chi connectivity index (χ0n) is 9.38. The molecule has 1 aliphatic rings. The molecule has 0 aromatic carbocycles. The van der Waals surface area contributed by atoms with Crippen LogP contribution in [0.1, 0.15) is 48.6 Å². The van der Waals surface area contributed by atoms with Crippen molar-refractivity contribution in [1.82, 2.24) is 10.1 Å². The maximum absolute atomic E-state index is 11.8. The zero-order valence-corrected chi connectivity index (χ0v) is 9.38. The Labute approximate surface area is 97.3 Å². The Bertz CT molecular complexity index is 439. The van der Waals surface area contributed by atoms with Gasteiger partial charge in [0.05, 0.1) is 0 Å². The third-order valence-corrected chi connectivity index (χ3v) is 2.52. The Hall–Kier alpha value is -1.92. The molecule has 7 nitrogen and oxygen atoms in total. The lowest BCUT2D eigenvalue weighted by Gasteiger charge is -2.10. The molecule has 1 aromatic rings. The number of ether oxygens (including phenoxy) is 1. The highest BCUT2D eigenvalue weighted by Crippen LogP contribution is 2.38. The number of carbonyl (C=O) groups is 2. The van der Waals surface area contributed by atoms with Gasteiger partial charge in [-0.05, 0) is 19.3 Å². The van der Waals surface area contributed by atoms with E-state index < -0.39 is 18.0 Å². The molecule has 1 saturated carbocycles. The molecule has 1 fully saturated rings. The molecule has 1 aliphatic carbocycles. The molecule has 17 heavy (non-hydrogen) atoms. The first-order chi connectivity index (χ1) is 8.11. The van der Waals surface area contributed by atoms with E-state index in [2.05, 4.69) is 14.9 Å². The molecule has 0 spiro atoms. The molecular weight excluding hydrogens is 226 g/mol. The van der Waals surface area contributed by atoms with Crippen LogP contribution in [0.5, 0.6) is 0 Å². The average molecular weight is 239 g/mol. The van der Waals surface area contributed by atoms with Crippen molar-refractivity contribution in [3.05, 3.63) is 11.7 Å². The van der Waals surface area contributed by atoms with Crippen LogP contribution in [0.15, 0.2) is 4.52 Å². The fourth-order valence-electron chi connectivity index (χ4n) is 1.44. The summed E-state index contributed by atoms with van der Waals surface area (Å²) in [6.45, 7) is 1.70. The number of nitrogens with two attached hydrogens (primary N) is 1. The number of Topliss-reactive ketones (excluding diaryl/α,β-unsaturated/α-hetero) is 1. The first-order valence-corrected chi connectivity index (χ1v) is 5.45. The lowest BCUT2D eigenvalue weighted by atomic mass is 10.2. The zero-order chi connectivity index (χ0) is 12.4. The third-order valence-electron chi connectivity index (χ3n) is 2.52. The number of nitrogens with zero attached hydrogens (tertiary/aromatic N) is 2. The molecule has 0 bridgehead atoms. The number of primary amides is 1. The second-order valence-corrected chi connectivity index (χ2v) is 3.93. The van der Waals surface area contributed by atoms with E-state index in [4.69, 9.17) is 10.3 Å². The van der Waals surface area contributed by atoms with E-state index in [-0.39, 0.29) is 5.89 Å². The number of aromatic nitrogens is 2. The molecule has 0 aliphatic heterocycles. The van der Waals surface area contributed by atoms with Gasteiger partial charge in [-0.1, -0.05) is 12.1 Å². The van der Waals surface area contributed by atoms with Gasteiger partial charge < -0.3 is 15.0 Å². The summed E-state index contributed by atoms with van der Waals surface area (Å²) in [4.78, 5) is 26.4. The van der Waals surface area contributed by atoms with Gasteiger partial charge in [0.2, 0.25) is 0 Å². The van der Waals surface area contributed by atoms with Gasteiger partial charge in [0, 0.05) is 5.92 Å². The van der Waals surface area contributed by atoms with E-state index in [1.54, 1.807) is 6.92 Å². The van der Waals surface area contributed by atoms with Crippen molar-refractivity contribution in [2.75, 3.05) is 0 Å². The van der Waals surface area contributed by atoms with E-state index in [1.807, 2.05) is 0 Å². The summed E-state index contributed by atoms with van der Waals surface area (Å²) in [6.07, 6.45) is 0.389. The number of carbonyl (C=O) groups excluding carboxylic acids is 2. The van der Waals surface area contributed by atoms with Gasteiger partial charge in [-0.2, -0.15) is 4.98 Å². The fourth-order valence-corrected chi connectivity index (χ4v) is 1.44. The van der Waals surface area contributed by atoms with Crippen molar-refractivity contribution in [1.29, 1.82) is 0 Å². The molecule has 1 aromatic heterocycles. The molecule has 0 saturated heterocycles. The van der Waals surface area contributed by atoms with Gasteiger partial charge in [0.1, 0.15) is 0 Å². The first kappa shape index (κ1) is 11.6. The van der Waals surface area contributed by atoms with Crippen molar-refractivity contribution < 1.29 is 18.8 Å². The topological polar surface area (TPSA) is 108 Å². The molecule has 2 N–H and O–H groups in total. The second-order valence-electron chi connectivity index (χ2n) is 3.93. The van der Waals surface area contributed by atoms with Crippen LogP contribution in [0.25, 0.3) is 0 Å². The van der Waals surface area contributed by atoms with Crippen LogP contribution < -0.4 is 5.73 Å². The molecule has 2 rings (SSSR count). The van der Waals surface area contributed by atoms with Crippen LogP contribution in [0.4, 0.5) is 4.79 Å². The van der Waals surface area contributed by atoms with Gasteiger partial charge in [-0.3, -0.25) is 4.79 Å². The van der Waals surface area contributed by atoms with E-state index >= 15 is 0 Å². The highest BCUT2D eigenvalue weighted by Gasteiger charge is 2.32. The van der Waals surface area contributed by atoms with Gasteiger partial charge in [0.25, 0.3) is 11.7 Å². The second kappa shape index (κ2) is 4.52. The van der Waals surface area contributed by atoms with Crippen LogP contribution in [-0.2, 0) is 4.74 Å². The summed E-state index contributed by atoms with van der Waals surface area (Å²) in [5, 5.41) is 3.72. The van der Waals surface area contributed by atoms with E-state index in [9.17, 15) is 9.59 Å². The normalized spacial score (nSPS) is 16.5. The van der Waals surface area contributed by atoms with E-state index in [0.717, 1.165) is 12.8 Å². The van der Waals surface area contributed by atoms with Crippen molar-refractivity contribution >= 4 is 11.9 Å². The molecular formula is C10H13N3O4. The summed E-state index contributed by atoms with van der Waals surface area (Å²) < 4.78 is 9.51. The Morgan fingerprint density at radius 3 is 2.82 bits per heavy atom.